The first-order chi connectivity index (χ1) is 15.5. The monoisotopic (exact) mass is 430 g/mol. The van der Waals surface area contributed by atoms with Gasteiger partial charge in [-0.2, -0.15) is 0 Å². The molecule has 2 aromatic rings. The Morgan fingerprint density at radius 1 is 0.906 bits per heavy atom. The minimum absolute atomic E-state index is 0.0306. The first-order valence-electron chi connectivity index (χ1n) is 11.6. The van der Waals surface area contributed by atoms with Crippen LogP contribution < -0.4 is 4.74 Å². The third-order valence-corrected chi connectivity index (χ3v) is 7.88. The second kappa shape index (κ2) is 8.23. The summed E-state index contributed by atoms with van der Waals surface area (Å²) < 4.78 is 10.2. The SMILES string of the molecule is COC(=O)/C=C/c1ccc(C(=O)c2cc(C34CC5CC(CC(C5)C3)C4)ccc2OC)cc1. The molecule has 6 rings (SSSR count). The van der Waals surface area contributed by atoms with E-state index in [4.69, 9.17) is 4.74 Å². The van der Waals surface area contributed by atoms with Crippen molar-refractivity contribution in [3.05, 3.63) is 70.8 Å². The summed E-state index contributed by atoms with van der Waals surface area (Å²) >= 11 is 0. The minimum atomic E-state index is -0.406. The van der Waals surface area contributed by atoms with Crippen LogP contribution in [0.1, 0.15) is 65.6 Å². The van der Waals surface area contributed by atoms with E-state index < -0.39 is 5.97 Å². The molecule has 4 heteroatoms. The van der Waals surface area contributed by atoms with Gasteiger partial charge in [-0.1, -0.05) is 30.3 Å². The highest BCUT2D eigenvalue weighted by atomic mass is 16.5. The van der Waals surface area contributed by atoms with E-state index >= 15 is 0 Å². The molecule has 32 heavy (non-hydrogen) atoms. The van der Waals surface area contributed by atoms with Crippen molar-refractivity contribution >= 4 is 17.8 Å². The lowest BCUT2D eigenvalue weighted by Gasteiger charge is -2.57. The zero-order valence-electron chi connectivity index (χ0n) is 18.8. The molecule has 166 valence electrons. The lowest BCUT2D eigenvalue weighted by molar-refractivity contribution is -0.134. The molecule has 0 atom stereocenters. The Bertz CT molecular complexity index is 1030. The van der Waals surface area contributed by atoms with Crippen molar-refractivity contribution in [3.63, 3.8) is 0 Å². The fourth-order valence-electron chi connectivity index (χ4n) is 6.81. The third kappa shape index (κ3) is 3.76. The fraction of sp³-hybridized carbons (Fsp3) is 0.429. The maximum atomic E-state index is 13.5. The number of benzene rings is 2. The van der Waals surface area contributed by atoms with E-state index in [1.165, 1.54) is 57.3 Å². The molecule has 4 aliphatic rings. The molecule has 0 radical (unpaired) electrons. The molecule has 4 nitrogen and oxygen atoms in total. The largest absolute Gasteiger partial charge is 0.496 e. The highest BCUT2D eigenvalue weighted by Crippen LogP contribution is 2.60. The first kappa shape index (κ1) is 21.0. The number of carbonyl (C=O) groups is 2. The zero-order valence-corrected chi connectivity index (χ0v) is 18.8. The number of esters is 1. The minimum Gasteiger partial charge on any atom is -0.496 e. The summed E-state index contributed by atoms with van der Waals surface area (Å²) in [5.74, 6) is 2.75. The van der Waals surface area contributed by atoms with Crippen LogP contribution in [-0.4, -0.2) is 26.0 Å². The summed E-state index contributed by atoms with van der Waals surface area (Å²) in [5.41, 5.74) is 3.64. The predicted octanol–water partition coefficient (Wildman–Crippen LogP) is 5.58. The molecule has 0 spiro atoms. The first-order valence-corrected chi connectivity index (χ1v) is 11.6. The Morgan fingerprint density at radius 2 is 1.53 bits per heavy atom. The summed E-state index contributed by atoms with van der Waals surface area (Å²) in [6, 6.07) is 13.6. The smallest absolute Gasteiger partial charge is 0.330 e. The molecule has 4 fully saturated rings. The second-order valence-corrected chi connectivity index (χ2v) is 9.92. The van der Waals surface area contributed by atoms with Gasteiger partial charge in [0.2, 0.25) is 0 Å². The molecule has 0 amide bonds. The summed E-state index contributed by atoms with van der Waals surface area (Å²) in [6.07, 6.45) is 11.0. The van der Waals surface area contributed by atoms with Crippen LogP contribution in [-0.2, 0) is 14.9 Å². The fourth-order valence-corrected chi connectivity index (χ4v) is 6.81. The topological polar surface area (TPSA) is 52.6 Å². The second-order valence-electron chi connectivity index (χ2n) is 9.92. The summed E-state index contributed by atoms with van der Waals surface area (Å²) in [4.78, 5) is 24.8. The number of methoxy groups -OCH3 is 2. The van der Waals surface area contributed by atoms with Crippen molar-refractivity contribution in [2.45, 2.75) is 43.9 Å². The average Bonchev–Trinajstić information content (AvgIpc) is 2.81. The van der Waals surface area contributed by atoms with Crippen molar-refractivity contribution in [3.8, 4) is 5.75 Å². The van der Waals surface area contributed by atoms with Gasteiger partial charge in [-0.15, -0.1) is 0 Å². The van der Waals surface area contributed by atoms with Crippen LogP contribution in [0.5, 0.6) is 5.75 Å². The number of rotatable bonds is 6. The third-order valence-electron chi connectivity index (χ3n) is 7.88. The lowest BCUT2D eigenvalue weighted by Crippen LogP contribution is -2.48. The van der Waals surface area contributed by atoms with Gasteiger partial charge < -0.3 is 9.47 Å². The van der Waals surface area contributed by atoms with Gasteiger partial charge in [-0.25, -0.2) is 4.79 Å². The summed E-state index contributed by atoms with van der Waals surface area (Å²) in [6.45, 7) is 0. The quantitative estimate of drug-likeness (QED) is 0.341. The molecule has 2 aromatic carbocycles. The molecule has 0 aromatic heterocycles. The van der Waals surface area contributed by atoms with Crippen LogP contribution in [0.2, 0.25) is 0 Å². The van der Waals surface area contributed by atoms with Gasteiger partial charge in [0.1, 0.15) is 5.75 Å². The van der Waals surface area contributed by atoms with Gasteiger partial charge in [-0.3, -0.25) is 4.79 Å². The number of ether oxygens (including phenoxy) is 2. The van der Waals surface area contributed by atoms with Crippen LogP contribution in [0.25, 0.3) is 6.08 Å². The van der Waals surface area contributed by atoms with Crippen molar-refractivity contribution in [1.29, 1.82) is 0 Å². The lowest BCUT2D eigenvalue weighted by atomic mass is 9.48. The molecule has 0 saturated heterocycles. The Morgan fingerprint density at radius 3 is 2.09 bits per heavy atom. The van der Waals surface area contributed by atoms with E-state index in [2.05, 4.69) is 16.9 Å². The van der Waals surface area contributed by atoms with Crippen molar-refractivity contribution in [2.24, 2.45) is 17.8 Å². The van der Waals surface area contributed by atoms with Gasteiger partial charge in [0, 0.05) is 11.6 Å². The molecular formula is C28H30O4. The number of ketones is 1. The van der Waals surface area contributed by atoms with Crippen molar-refractivity contribution in [1.82, 2.24) is 0 Å². The molecule has 0 heterocycles. The van der Waals surface area contributed by atoms with Crippen LogP contribution >= 0.6 is 0 Å². The number of hydrogen-bond acceptors (Lipinski definition) is 4. The van der Waals surface area contributed by atoms with Gasteiger partial charge >= 0.3 is 5.97 Å². The van der Waals surface area contributed by atoms with Crippen LogP contribution in [0.3, 0.4) is 0 Å². The van der Waals surface area contributed by atoms with Gasteiger partial charge in [0.15, 0.2) is 5.78 Å². The van der Waals surface area contributed by atoms with E-state index in [9.17, 15) is 9.59 Å². The normalized spacial score (nSPS) is 28.1. The van der Waals surface area contributed by atoms with E-state index in [1.807, 2.05) is 18.2 Å². The summed E-state index contributed by atoms with van der Waals surface area (Å²) in [5, 5.41) is 0. The van der Waals surface area contributed by atoms with Crippen LogP contribution in [0.15, 0.2) is 48.5 Å². The van der Waals surface area contributed by atoms with E-state index in [0.717, 1.165) is 23.3 Å². The zero-order chi connectivity index (χ0) is 22.3. The van der Waals surface area contributed by atoms with Gasteiger partial charge in [0.25, 0.3) is 0 Å². The van der Waals surface area contributed by atoms with Crippen LogP contribution in [0.4, 0.5) is 0 Å². The van der Waals surface area contributed by atoms with Crippen LogP contribution in [0, 0.1) is 17.8 Å². The van der Waals surface area contributed by atoms with E-state index in [-0.39, 0.29) is 11.2 Å². The molecule has 0 unspecified atom stereocenters. The highest BCUT2D eigenvalue weighted by Gasteiger charge is 2.51. The average molecular weight is 431 g/mol. The Hall–Kier alpha value is -2.88. The highest BCUT2D eigenvalue weighted by molar-refractivity contribution is 6.11. The standard InChI is InChI=1S/C28H30O4/c1-31-25-9-8-23(28-15-19-11-20(16-28)13-21(12-19)17-28)14-24(25)27(30)22-6-3-18(4-7-22)5-10-26(29)32-2/h3-10,14,19-21H,11-13,15-17H2,1-2H3/b10-5+. The molecule has 4 aliphatic carbocycles. The molecule has 4 saturated carbocycles. The van der Waals surface area contributed by atoms with Crippen molar-refractivity contribution in [2.75, 3.05) is 14.2 Å². The van der Waals surface area contributed by atoms with E-state index in [1.54, 1.807) is 25.3 Å². The summed E-state index contributed by atoms with van der Waals surface area (Å²) in [7, 11) is 2.97. The van der Waals surface area contributed by atoms with Gasteiger partial charge in [0.05, 0.1) is 19.8 Å². The number of carbonyl (C=O) groups excluding carboxylic acids is 2. The maximum absolute atomic E-state index is 13.5. The molecule has 4 bridgehead atoms. The number of hydrogen-bond donors (Lipinski definition) is 0. The van der Waals surface area contributed by atoms with Crippen molar-refractivity contribution < 1.29 is 19.1 Å². The Labute approximate surface area is 189 Å². The Kier molecular flexibility index (Phi) is 5.40. The molecule has 0 N–H and O–H groups in total. The molecule has 0 aliphatic heterocycles. The predicted molar refractivity (Wildman–Crippen MR) is 124 cm³/mol. The Balaban J connectivity index is 1.44. The maximum Gasteiger partial charge on any atom is 0.330 e. The van der Waals surface area contributed by atoms with Gasteiger partial charge in [-0.05, 0) is 91.0 Å². The van der Waals surface area contributed by atoms with E-state index in [0.29, 0.717) is 16.9 Å². The molecular weight excluding hydrogens is 400 g/mol.